The number of nitrogens with zero attached hydrogens (tertiary/aromatic N) is 2. The Hall–Kier alpha value is -0.900. The van der Waals surface area contributed by atoms with E-state index >= 15 is 0 Å². The number of halogens is 2. The highest BCUT2D eigenvalue weighted by Crippen LogP contribution is 2.27. The summed E-state index contributed by atoms with van der Waals surface area (Å²) in [5.41, 5.74) is 0.0277. The lowest BCUT2D eigenvalue weighted by Crippen LogP contribution is -2.34. The Labute approximate surface area is 107 Å². The minimum Gasteiger partial charge on any atom is -0.364 e. The average molecular weight is 260 g/mol. The molecule has 0 amide bonds. The molecule has 0 saturated carbocycles. The smallest absolute Gasteiger partial charge is 0.224 e. The molecule has 17 heavy (non-hydrogen) atoms. The first-order valence-corrected chi connectivity index (χ1v) is 6.17. The summed E-state index contributed by atoms with van der Waals surface area (Å²) in [5, 5.41) is 3.17. The van der Waals surface area contributed by atoms with Gasteiger partial charge in [-0.25, -0.2) is 9.37 Å². The molecule has 0 unspecified atom stereocenters. The van der Waals surface area contributed by atoms with Crippen LogP contribution in [0.5, 0.6) is 0 Å². The SMILES string of the molecule is CCC[C@@H](Nc1nc(Cl)ncc1F)C(C)(C)C. The van der Waals surface area contributed by atoms with Crippen molar-refractivity contribution in [3.8, 4) is 0 Å². The predicted octanol–water partition coefficient (Wildman–Crippen LogP) is 3.90. The molecular weight excluding hydrogens is 241 g/mol. The third-order valence-corrected chi connectivity index (χ3v) is 2.83. The highest BCUT2D eigenvalue weighted by atomic mass is 35.5. The van der Waals surface area contributed by atoms with Crippen LogP contribution in [0.3, 0.4) is 0 Å². The Balaban J connectivity index is 2.89. The Morgan fingerprint density at radius 1 is 1.47 bits per heavy atom. The van der Waals surface area contributed by atoms with Gasteiger partial charge in [-0.1, -0.05) is 34.1 Å². The van der Waals surface area contributed by atoms with Gasteiger partial charge in [-0.05, 0) is 23.4 Å². The van der Waals surface area contributed by atoms with Crippen LogP contribution in [0, 0.1) is 11.2 Å². The van der Waals surface area contributed by atoms with Crippen molar-refractivity contribution in [2.45, 2.75) is 46.6 Å². The van der Waals surface area contributed by atoms with Crippen molar-refractivity contribution < 1.29 is 4.39 Å². The van der Waals surface area contributed by atoms with Gasteiger partial charge in [-0.3, -0.25) is 0 Å². The highest BCUT2D eigenvalue weighted by molar-refractivity contribution is 6.28. The van der Waals surface area contributed by atoms with E-state index in [1.807, 2.05) is 0 Å². The second-order valence-corrected chi connectivity index (χ2v) is 5.53. The second-order valence-electron chi connectivity index (χ2n) is 5.19. The Kier molecular flexibility index (Phi) is 4.69. The predicted molar refractivity (Wildman–Crippen MR) is 68.8 cm³/mol. The molecule has 1 heterocycles. The fourth-order valence-electron chi connectivity index (χ4n) is 1.62. The standard InChI is InChI=1S/C12H19ClFN3/c1-5-6-9(12(2,3)4)16-10-8(14)7-15-11(13)17-10/h7,9H,5-6H2,1-4H3,(H,15,16,17)/t9-/m1/s1. The fraction of sp³-hybridized carbons (Fsp3) is 0.667. The summed E-state index contributed by atoms with van der Waals surface area (Å²) in [6.07, 6.45) is 3.06. The first kappa shape index (κ1) is 14.2. The zero-order valence-electron chi connectivity index (χ0n) is 10.7. The van der Waals surface area contributed by atoms with Crippen LogP contribution in [0.1, 0.15) is 40.5 Å². The van der Waals surface area contributed by atoms with E-state index in [0.717, 1.165) is 19.0 Å². The summed E-state index contributed by atoms with van der Waals surface area (Å²) < 4.78 is 13.5. The van der Waals surface area contributed by atoms with E-state index in [-0.39, 0.29) is 22.6 Å². The van der Waals surface area contributed by atoms with Crippen LogP contribution >= 0.6 is 11.6 Å². The largest absolute Gasteiger partial charge is 0.364 e. The molecule has 1 aromatic rings. The molecule has 0 fully saturated rings. The van der Waals surface area contributed by atoms with Crippen LogP contribution in [0.25, 0.3) is 0 Å². The van der Waals surface area contributed by atoms with Gasteiger partial charge in [-0.2, -0.15) is 4.98 Å². The minimum absolute atomic E-state index is 0.0277. The zero-order chi connectivity index (χ0) is 13.1. The van der Waals surface area contributed by atoms with E-state index in [0.29, 0.717) is 0 Å². The van der Waals surface area contributed by atoms with Gasteiger partial charge in [0.1, 0.15) is 0 Å². The number of hydrogen-bond donors (Lipinski definition) is 1. The lowest BCUT2D eigenvalue weighted by Gasteiger charge is -2.31. The maximum atomic E-state index is 13.5. The Morgan fingerprint density at radius 3 is 2.65 bits per heavy atom. The Bertz CT molecular complexity index is 377. The summed E-state index contributed by atoms with van der Waals surface area (Å²) >= 11 is 5.66. The molecule has 5 heteroatoms. The number of hydrogen-bond acceptors (Lipinski definition) is 3. The van der Waals surface area contributed by atoms with Crippen LogP contribution in [-0.4, -0.2) is 16.0 Å². The van der Waals surface area contributed by atoms with Crippen LogP contribution < -0.4 is 5.32 Å². The van der Waals surface area contributed by atoms with Crippen molar-refractivity contribution in [1.29, 1.82) is 0 Å². The van der Waals surface area contributed by atoms with Crippen LogP contribution in [0.4, 0.5) is 10.2 Å². The summed E-state index contributed by atoms with van der Waals surface area (Å²) in [5.74, 6) is -0.293. The molecular formula is C12H19ClFN3. The number of rotatable bonds is 4. The summed E-state index contributed by atoms with van der Waals surface area (Å²) in [7, 11) is 0. The first-order chi connectivity index (χ1) is 7.84. The molecule has 0 aliphatic carbocycles. The topological polar surface area (TPSA) is 37.8 Å². The van der Waals surface area contributed by atoms with Crippen molar-refractivity contribution in [3.05, 3.63) is 17.3 Å². The van der Waals surface area contributed by atoms with E-state index in [4.69, 9.17) is 11.6 Å². The normalized spacial score (nSPS) is 13.5. The van der Waals surface area contributed by atoms with Crippen LogP contribution in [0.15, 0.2) is 6.20 Å². The molecule has 1 N–H and O–H groups in total. The molecule has 96 valence electrons. The van der Waals surface area contributed by atoms with Crippen LogP contribution in [0.2, 0.25) is 5.28 Å². The molecule has 0 aliphatic heterocycles. The highest BCUT2D eigenvalue weighted by Gasteiger charge is 2.25. The fourth-order valence-corrected chi connectivity index (χ4v) is 1.76. The van der Waals surface area contributed by atoms with E-state index in [9.17, 15) is 4.39 Å². The molecule has 0 radical (unpaired) electrons. The van der Waals surface area contributed by atoms with E-state index in [1.165, 1.54) is 0 Å². The Morgan fingerprint density at radius 2 is 2.12 bits per heavy atom. The quantitative estimate of drug-likeness (QED) is 0.834. The van der Waals surface area contributed by atoms with Gasteiger partial charge in [0.25, 0.3) is 0 Å². The van der Waals surface area contributed by atoms with Gasteiger partial charge in [0.05, 0.1) is 6.20 Å². The molecule has 0 saturated heterocycles. The first-order valence-electron chi connectivity index (χ1n) is 5.79. The van der Waals surface area contributed by atoms with Gasteiger partial charge >= 0.3 is 0 Å². The summed E-state index contributed by atoms with van der Waals surface area (Å²) in [6, 6.07) is 0.146. The van der Waals surface area contributed by atoms with Crippen molar-refractivity contribution in [2.75, 3.05) is 5.32 Å². The van der Waals surface area contributed by atoms with Crippen LogP contribution in [-0.2, 0) is 0 Å². The van der Waals surface area contributed by atoms with Gasteiger partial charge in [0.2, 0.25) is 5.28 Å². The third-order valence-electron chi connectivity index (χ3n) is 2.65. The lowest BCUT2D eigenvalue weighted by molar-refractivity contribution is 0.322. The molecule has 0 aromatic carbocycles. The van der Waals surface area contributed by atoms with Crippen molar-refractivity contribution in [2.24, 2.45) is 5.41 Å². The number of nitrogens with one attached hydrogen (secondary N) is 1. The molecule has 0 aliphatic rings. The number of aromatic nitrogens is 2. The van der Waals surface area contributed by atoms with Gasteiger partial charge in [0, 0.05) is 6.04 Å². The lowest BCUT2D eigenvalue weighted by atomic mass is 9.84. The second kappa shape index (κ2) is 5.63. The molecule has 1 atom stereocenters. The van der Waals surface area contributed by atoms with Gasteiger partial charge in [0.15, 0.2) is 11.6 Å². The van der Waals surface area contributed by atoms with Crippen molar-refractivity contribution >= 4 is 17.4 Å². The molecule has 1 aromatic heterocycles. The molecule has 3 nitrogen and oxygen atoms in total. The summed E-state index contributed by atoms with van der Waals surface area (Å²) in [6.45, 7) is 8.44. The zero-order valence-corrected chi connectivity index (χ0v) is 11.5. The summed E-state index contributed by atoms with van der Waals surface area (Å²) in [4.78, 5) is 7.47. The molecule has 0 spiro atoms. The average Bonchev–Trinajstić information content (AvgIpc) is 2.21. The van der Waals surface area contributed by atoms with Gasteiger partial charge in [-0.15, -0.1) is 0 Å². The van der Waals surface area contributed by atoms with Crippen molar-refractivity contribution in [1.82, 2.24) is 9.97 Å². The monoisotopic (exact) mass is 259 g/mol. The molecule has 0 bridgehead atoms. The maximum absolute atomic E-state index is 13.5. The van der Waals surface area contributed by atoms with E-state index in [2.05, 4.69) is 43.0 Å². The maximum Gasteiger partial charge on any atom is 0.224 e. The third kappa shape index (κ3) is 4.11. The van der Waals surface area contributed by atoms with E-state index in [1.54, 1.807) is 0 Å². The molecule has 1 rings (SSSR count). The number of anilines is 1. The van der Waals surface area contributed by atoms with Gasteiger partial charge < -0.3 is 5.32 Å². The van der Waals surface area contributed by atoms with E-state index < -0.39 is 5.82 Å². The minimum atomic E-state index is -0.472. The van der Waals surface area contributed by atoms with Crippen molar-refractivity contribution in [3.63, 3.8) is 0 Å².